The topological polar surface area (TPSA) is 4.44 Å². The van der Waals surface area contributed by atoms with E-state index < -0.39 is 0 Å². The van der Waals surface area contributed by atoms with E-state index in [1.165, 1.54) is 25.8 Å². The van der Waals surface area contributed by atoms with Crippen LogP contribution in [0.4, 0.5) is 0 Å². The molecule has 1 N–H and O–H groups in total. The Morgan fingerprint density at radius 1 is 1.67 bits per heavy atom. The monoisotopic (exact) mass is 148 g/mol. The molecule has 1 heterocycles. The number of quaternary nitrogens is 1. The maximum atomic E-state index is 5.63. The van der Waals surface area contributed by atoms with Crippen LogP contribution in [0.5, 0.6) is 0 Å². The lowest BCUT2D eigenvalue weighted by atomic mass is 10.2. The summed E-state index contributed by atoms with van der Waals surface area (Å²) in [5.41, 5.74) is 0. The Kier molecular flexibility index (Phi) is 2.80. The third-order valence-corrected chi connectivity index (χ3v) is 2.50. The van der Waals surface area contributed by atoms with Gasteiger partial charge in [-0.2, -0.15) is 0 Å². The predicted molar refractivity (Wildman–Crippen MR) is 40.1 cm³/mol. The molecule has 0 saturated carbocycles. The fraction of sp³-hybridized carbons (Fsp3) is 1.00. The van der Waals surface area contributed by atoms with Gasteiger partial charge >= 0.3 is 0 Å². The molecule has 0 aromatic rings. The van der Waals surface area contributed by atoms with Gasteiger partial charge < -0.3 is 4.90 Å². The Balaban J connectivity index is 2.22. The zero-order valence-electron chi connectivity index (χ0n) is 5.99. The highest BCUT2D eigenvalue weighted by molar-refractivity contribution is 6.17. The van der Waals surface area contributed by atoms with Crippen LogP contribution >= 0.6 is 11.6 Å². The van der Waals surface area contributed by atoms with Crippen molar-refractivity contribution in [3.8, 4) is 0 Å². The minimum absolute atomic E-state index is 0.835. The maximum Gasteiger partial charge on any atom is 0.0886 e. The van der Waals surface area contributed by atoms with Gasteiger partial charge in [0.05, 0.1) is 19.6 Å². The summed E-state index contributed by atoms with van der Waals surface area (Å²) in [6.07, 6.45) is 3.99. The van der Waals surface area contributed by atoms with Gasteiger partial charge in [-0.3, -0.25) is 0 Å². The lowest BCUT2D eigenvalue weighted by Crippen LogP contribution is -3.10. The fourth-order valence-electron chi connectivity index (χ4n) is 1.60. The average molecular weight is 149 g/mol. The number of hydrogen-bond acceptors (Lipinski definition) is 0. The van der Waals surface area contributed by atoms with Crippen molar-refractivity contribution in [2.75, 3.05) is 19.5 Å². The Labute approximate surface area is 62.0 Å². The van der Waals surface area contributed by atoms with Crippen molar-refractivity contribution in [3.05, 3.63) is 0 Å². The van der Waals surface area contributed by atoms with Crippen molar-refractivity contribution in [2.24, 2.45) is 0 Å². The molecule has 2 heteroatoms. The first-order valence-electron chi connectivity index (χ1n) is 3.73. The Morgan fingerprint density at radius 2 is 2.44 bits per heavy atom. The highest BCUT2D eigenvalue weighted by Gasteiger charge is 2.23. The van der Waals surface area contributed by atoms with E-state index in [9.17, 15) is 0 Å². The lowest BCUT2D eigenvalue weighted by molar-refractivity contribution is -0.892. The molecule has 0 radical (unpaired) electrons. The van der Waals surface area contributed by atoms with Crippen molar-refractivity contribution >= 4 is 11.6 Å². The molecule has 1 saturated heterocycles. The molecule has 1 aliphatic rings. The van der Waals surface area contributed by atoms with Crippen molar-refractivity contribution in [1.29, 1.82) is 0 Å². The van der Waals surface area contributed by atoms with E-state index >= 15 is 0 Å². The van der Waals surface area contributed by atoms with Gasteiger partial charge in [0.2, 0.25) is 0 Å². The number of hydrogen-bond donors (Lipinski definition) is 1. The van der Waals surface area contributed by atoms with Gasteiger partial charge in [0, 0.05) is 25.1 Å². The van der Waals surface area contributed by atoms with Crippen LogP contribution in [0, 0.1) is 0 Å². The molecule has 1 aliphatic heterocycles. The Bertz CT molecular complexity index is 85.0. The molecule has 1 nitrogen and oxygen atoms in total. The van der Waals surface area contributed by atoms with E-state index in [2.05, 4.69) is 7.05 Å². The number of alkyl halides is 1. The van der Waals surface area contributed by atoms with Crippen molar-refractivity contribution in [2.45, 2.75) is 25.3 Å². The smallest absolute Gasteiger partial charge is 0.0886 e. The summed E-state index contributed by atoms with van der Waals surface area (Å²) in [5, 5.41) is 0. The molecule has 0 amide bonds. The molecule has 0 aliphatic carbocycles. The molecular formula is C7H15ClN+. The minimum Gasteiger partial charge on any atom is -0.335 e. The molecule has 0 spiro atoms. The van der Waals surface area contributed by atoms with Crippen LogP contribution in [0.15, 0.2) is 0 Å². The third-order valence-electron chi connectivity index (χ3n) is 2.28. The summed E-state index contributed by atoms with van der Waals surface area (Å²) in [6.45, 7) is 1.35. The number of likely N-dealkylation sites (tertiary alicyclic amines) is 1. The first-order chi connectivity index (χ1) is 4.34. The predicted octanol–water partition coefficient (Wildman–Crippen LogP) is 0.292. The molecular weight excluding hydrogens is 134 g/mol. The van der Waals surface area contributed by atoms with Crippen molar-refractivity contribution < 1.29 is 4.90 Å². The molecule has 2 atom stereocenters. The number of rotatable bonds is 2. The van der Waals surface area contributed by atoms with E-state index in [0.29, 0.717) is 0 Å². The SMILES string of the molecule is C[NH+]1CCC[C@@H]1CCCl. The van der Waals surface area contributed by atoms with E-state index in [0.717, 1.165) is 11.9 Å². The highest BCUT2D eigenvalue weighted by Crippen LogP contribution is 2.03. The van der Waals surface area contributed by atoms with Crippen LogP contribution in [0.1, 0.15) is 19.3 Å². The lowest BCUT2D eigenvalue weighted by Gasteiger charge is -2.14. The van der Waals surface area contributed by atoms with Crippen molar-refractivity contribution in [1.82, 2.24) is 0 Å². The molecule has 0 aromatic carbocycles. The second-order valence-electron chi connectivity index (χ2n) is 2.91. The summed E-state index contributed by atoms with van der Waals surface area (Å²) in [6, 6.07) is 0.863. The second-order valence-corrected chi connectivity index (χ2v) is 3.29. The molecule has 9 heavy (non-hydrogen) atoms. The first kappa shape index (κ1) is 7.36. The summed E-state index contributed by atoms with van der Waals surface area (Å²) in [7, 11) is 2.27. The van der Waals surface area contributed by atoms with E-state index in [1.807, 2.05) is 0 Å². The standard InChI is InChI=1S/C7H14ClN/c1-9-6-2-3-7(9)4-5-8/h7H,2-6H2,1H3/p+1/t7-/m1/s1. The van der Waals surface area contributed by atoms with Gasteiger partial charge in [-0.05, 0) is 0 Å². The van der Waals surface area contributed by atoms with Crippen LogP contribution in [0.2, 0.25) is 0 Å². The normalized spacial score (nSPS) is 35.3. The molecule has 1 rings (SSSR count). The van der Waals surface area contributed by atoms with Crippen LogP contribution in [0.25, 0.3) is 0 Å². The average Bonchev–Trinajstić information content (AvgIpc) is 2.18. The summed E-state index contributed by atoms with van der Waals surface area (Å²) >= 11 is 5.63. The quantitative estimate of drug-likeness (QED) is 0.538. The summed E-state index contributed by atoms with van der Waals surface area (Å²) in [5.74, 6) is 0.835. The van der Waals surface area contributed by atoms with Gasteiger partial charge in [0.1, 0.15) is 0 Å². The number of halogens is 1. The van der Waals surface area contributed by atoms with Gasteiger partial charge in [0.15, 0.2) is 0 Å². The fourth-order valence-corrected chi connectivity index (χ4v) is 1.86. The van der Waals surface area contributed by atoms with E-state index in [4.69, 9.17) is 11.6 Å². The molecule has 54 valence electrons. The van der Waals surface area contributed by atoms with E-state index in [-0.39, 0.29) is 0 Å². The molecule has 0 bridgehead atoms. The van der Waals surface area contributed by atoms with Crippen LogP contribution in [-0.2, 0) is 0 Å². The highest BCUT2D eigenvalue weighted by atomic mass is 35.5. The van der Waals surface area contributed by atoms with Crippen LogP contribution < -0.4 is 4.90 Å². The minimum atomic E-state index is 0.835. The maximum absolute atomic E-state index is 5.63. The molecule has 1 fully saturated rings. The second kappa shape index (κ2) is 3.43. The Morgan fingerprint density at radius 3 is 2.89 bits per heavy atom. The van der Waals surface area contributed by atoms with Crippen molar-refractivity contribution in [3.63, 3.8) is 0 Å². The third kappa shape index (κ3) is 1.84. The van der Waals surface area contributed by atoms with Gasteiger partial charge in [0.25, 0.3) is 0 Å². The first-order valence-corrected chi connectivity index (χ1v) is 4.26. The van der Waals surface area contributed by atoms with Crippen LogP contribution in [0.3, 0.4) is 0 Å². The molecule has 1 unspecified atom stereocenters. The summed E-state index contributed by atoms with van der Waals surface area (Å²) < 4.78 is 0. The summed E-state index contributed by atoms with van der Waals surface area (Å²) in [4.78, 5) is 1.68. The van der Waals surface area contributed by atoms with Gasteiger partial charge in [-0.25, -0.2) is 0 Å². The largest absolute Gasteiger partial charge is 0.335 e. The zero-order valence-corrected chi connectivity index (χ0v) is 6.75. The number of nitrogens with one attached hydrogen (secondary N) is 1. The van der Waals surface area contributed by atoms with Crippen LogP contribution in [-0.4, -0.2) is 25.5 Å². The zero-order chi connectivity index (χ0) is 6.69. The van der Waals surface area contributed by atoms with E-state index in [1.54, 1.807) is 4.90 Å². The Hall–Kier alpha value is 0.250. The van der Waals surface area contributed by atoms with Gasteiger partial charge in [-0.1, -0.05) is 0 Å². The van der Waals surface area contributed by atoms with Gasteiger partial charge in [-0.15, -0.1) is 11.6 Å². The molecule has 0 aromatic heterocycles.